The van der Waals surface area contributed by atoms with Gasteiger partial charge in [0.05, 0.1) is 5.60 Å². The molecule has 17 heavy (non-hydrogen) atoms. The molecule has 0 aromatic rings. The van der Waals surface area contributed by atoms with Gasteiger partial charge in [0.1, 0.15) is 0 Å². The first-order valence-corrected chi connectivity index (χ1v) is 6.21. The Morgan fingerprint density at radius 1 is 1.29 bits per heavy atom. The molecule has 0 unspecified atom stereocenters. The zero-order chi connectivity index (χ0) is 13.7. The first-order valence-electron chi connectivity index (χ1n) is 6.21. The fourth-order valence-electron chi connectivity index (χ4n) is 1.16. The van der Waals surface area contributed by atoms with Crippen molar-refractivity contribution in [1.29, 1.82) is 0 Å². The molecule has 0 saturated heterocycles. The van der Waals surface area contributed by atoms with E-state index in [1.807, 2.05) is 13.8 Å². The molecule has 0 radical (unpaired) electrons. The maximum atomic E-state index is 11.5. The standard InChI is InChI=1S/C14H27NO2/c1-8-14(6,7)17-10-9-13(4,5)15-12(16)11(2)3/h2,8-10H2,1,3-7H3,(H,15,16). The van der Waals surface area contributed by atoms with Crippen LogP contribution in [0.1, 0.15) is 54.4 Å². The number of carbonyl (C=O) groups is 1. The normalized spacial score (nSPS) is 12.4. The van der Waals surface area contributed by atoms with Gasteiger partial charge in [-0.05, 0) is 47.5 Å². The van der Waals surface area contributed by atoms with Crippen LogP contribution >= 0.6 is 0 Å². The van der Waals surface area contributed by atoms with E-state index in [1.165, 1.54) is 0 Å². The van der Waals surface area contributed by atoms with Gasteiger partial charge in [-0.2, -0.15) is 0 Å². The molecule has 0 aliphatic carbocycles. The Hall–Kier alpha value is -0.830. The number of hydrogen-bond acceptors (Lipinski definition) is 2. The molecule has 0 rings (SSSR count). The van der Waals surface area contributed by atoms with Crippen molar-refractivity contribution in [3.8, 4) is 0 Å². The van der Waals surface area contributed by atoms with Gasteiger partial charge in [-0.1, -0.05) is 13.5 Å². The van der Waals surface area contributed by atoms with Crippen molar-refractivity contribution in [2.45, 2.75) is 65.5 Å². The van der Waals surface area contributed by atoms with E-state index in [1.54, 1.807) is 6.92 Å². The average Bonchev–Trinajstić information content (AvgIpc) is 2.16. The van der Waals surface area contributed by atoms with Gasteiger partial charge in [0.2, 0.25) is 5.91 Å². The number of hydrogen-bond donors (Lipinski definition) is 1. The molecule has 0 heterocycles. The highest BCUT2D eigenvalue weighted by Gasteiger charge is 2.22. The minimum Gasteiger partial charge on any atom is -0.375 e. The molecule has 3 heteroatoms. The third-order valence-corrected chi connectivity index (χ3v) is 2.91. The predicted octanol–water partition coefficient (Wildman–Crippen LogP) is 3.05. The fraction of sp³-hybridized carbons (Fsp3) is 0.786. The van der Waals surface area contributed by atoms with Crippen LogP contribution in [0.15, 0.2) is 12.2 Å². The predicted molar refractivity (Wildman–Crippen MR) is 72.0 cm³/mol. The summed E-state index contributed by atoms with van der Waals surface area (Å²) in [5.74, 6) is -0.0928. The van der Waals surface area contributed by atoms with Crippen LogP contribution < -0.4 is 5.32 Å². The summed E-state index contributed by atoms with van der Waals surface area (Å²) in [6.07, 6.45) is 1.76. The number of nitrogens with one attached hydrogen (secondary N) is 1. The molecule has 0 spiro atoms. The lowest BCUT2D eigenvalue weighted by molar-refractivity contribution is -0.119. The molecule has 0 aliphatic heterocycles. The van der Waals surface area contributed by atoms with E-state index >= 15 is 0 Å². The molecule has 0 fully saturated rings. The highest BCUT2D eigenvalue weighted by atomic mass is 16.5. The summed E-state index contributed by atoms with van der Waals surface area (Å²) < 4.78 is 5.78. The first kappa shape index (κ1) is 16.2. The Kier molecular flexibility index (Phi) is 5.89. The zero-order valence-electron chi connectivity index (χ0n) is 12.1. The topological polar surface area (TPSA) is 38.3 Å². The largest absolute Gasteiger partial charge is 0.375 e. The molecule has 3 nitrogen and oxygen atoms in total. The summed E-state index contributed by atoms with van der Waals surface area (Å²) in [7, 11) is 0. The summed E-state index contributed by atoms with van der Waals surface area (Å²) in [6.45, 7) is 16.2. The van der Waals surface area contributed by atoms with Crippen LogP contribution in [-0.4, -0.2) is 23.7 Å². The second-order valence-electron chi connectivity index (χ2n) is 5.83. The molecular weight excluding hydrogens is 214 g/mol. The Labute approximate surface area is 106 Å². The van der Waals surface area contributed by atoms with E-state index < -0.39 is 0 Å². The maximum absolute atomic E-state index is 11.5. The number of amides is 1. The van der Waals surface area contributed by atoms with E-state index in [2.05, 4.69) is 32.7 Å². The van der Waals surface area contributed by atoms with Gasteiger partial charge in [-0.3, -0.25) is 4.79 Å². The minimum atomic E-state index is -0.264. The number of carbonyl (C=O) groups excluding carboxylic acids is 1. The van der Waals surface area contributed by atoms with Crippen molar-refractivity contribution in [1.82, 2.24) is 5.32 Å². The summed E-state index contributed by atoms with van der Waals surface area (Å²) in [5, 5.41) is 2.94. The maximum Gasteiger partial charge on any atom is 0.246 e. The lowest BCUT2D eigenvalue weighted by atomic mass is 10.00. The Morgan fingerprint density at radius 2 is 1.82 bits per heavy atom. The van der Waals surface area contributed by atoms with E-state index in [0.29, 0.717) is 12.2 Å². The molecule has 0 bridgehead atoms. The second kappa shape index (κ2) is 6.20. The van der Waals surface area contributed by atoms with Crippen LogP contribution in [0.3, 0.4) is 0 Å². The number of rotatable bonds is 7. The Morgan fingerprint density at radius 3 is 2.24 bits per heavy atom. The molecule has 0 saturated carbocycles. The third-order valence-electron chi connectivity index (χ3n) is 2.91. The van der Waals surface area contributed by atoms with Gasteiger partial charge in [0, 0.05) is 17.7 Å². The van der Waals surface area contributed by atoms with E-state index in [4.69, 9.17) is 4.74 Å². The SMILES string of the molecule is C=C(C)C(=O)NC(C)(C)CCOC(C)(C)CC. The highest BCUT2D eigenvalue weighted by molar-refractivity contribution is 5.92. The van der Waals surface area contributed by atoms with Gasteiger partial charge in [-0.15, -0.1) is 0 Å². The van der Waals surface area contributed by atoms with Crippen molar-refractivity contribution in [2.75, 3.05) is 6.61 Å². The van der Waals surface area contributed by atoms with Crippen molar-refractivity contribution < 1.29 is 9.53 Å². The molecule has 1 amide bonds. The second-order valence-corrected chi connectivity index (χ2v) is 5.83. The Bertz CT molecular complexity index is 280. The van der Waals surface area contributed by atoms with Gasteiger partial charge in [0.15, 0.2) is 0 Å². The lowest BCUT2D eigenvalue weighted by Crippen LogP contribution is -2.45. The average molecular weight is 241 g/mol. The van der Waals surface area contributed by atoms with E-state index in [9.17, 15) is 4.79 Å². The summed E-state index contributed by atoms with van der Waals surface area (Å²) >= 11 is 0. The lowest BCUT2D eigenvalue weighted by Gasteiger charge is -2.29. The molecule has 1 N–H and O–H groups in total. The molecule has 100 valence electrons. The van der Waals surface area contributed by atoms with Crippen LogP contribution in [0, 0.1) is 0 Å². The first-order chi connectivity index (χ1) is 7.59. The molecule has 0 aromatic carbocycles. The summed E-state index contributed by atoms with van der Waals surface area (Å²) in [6, 6.07) is 0. The molecule has 0 atom stereocenters. The van der Waals surface area contributed by atoms with Crippen molar-refractivity contribution in [3.63, 3.8) is 0 Å². The van der Waals surface area contributed by atoms with Crippen LogP contribution in [0.2, 0.25) is 0 Å². The monoisotopic (exact) mass is 241 g/mol. The Balaban J connectivity index is 4.10. The molecule has 0 aromatic heterocycles. The van der Waals surface area contributed by atoms with Crippen LogP contribution in [0.5, 0.6) is 0 Å². The van der Waals surface area contributed by atoms with Crippen molar-refractivity contribution >= 4 is 5.91 Å². The van der Waals surface area contributed by atoms with Crippen molar-refractivity contribution in [3.05, 3.63) is 12.2 Å². The van der Waals surface area contributed by atoms with E-state index in [-0.39, 0.29) is 17.0 Å². The molecular formula is C14H27NO2. The summed E-state index contributed by atoms with van der Waals surface area (Å²) in [4.78, 5) is 11.5. The minimum absolute atomic E-state index is 0.0888. The quantitative estimate of drug-likeness (QED) is 0.696. The number of ether oxygens (including phenoxy) is 1. The molecule has 0 aliphatic rings. The highest BCUT2D eigenvalue weighted by Crippen LogP contribution is 2.16. The van der Waals surface area contributed by atoms with Gasteiger partial charge in [-0.25, -0.2) is 0 Å². The van der Waals surface area contributed by atoms with E-state index in [0.717, 1.165) is 12.8 Å². The van der Waals surface area contributed by atoms with Crippen molar-refractivity contribution in [2.24, 2.45) is 0 Å². The van der Waals surface area contributed by atoms with Crippen LogP contribution in [-0.2, 0) is 9.53 Å². The van der Waals surface area contributed by atoms with Crippen LogP contribution in [0.4, 0.5) is 0 Å². The van der Waals surface area contributed by atoms with Gasteiger partial charge >= 0.3 is 0 Å². The van der Waals surface area contributed by atoms with Gasteiger partial charge < -0.3 is 10.1 Å². The zero-order valence-corrected chi connectivity index (χ0v) is 12.1. The van der Waals surface area contributed by atoms with Gasteiger partial charge in [0.25, 0.3) is 0 Å². The smallest absolute Gasteiger partial charge is 0.246 e. The fourth-order valence-corrected chi connectivity index (χ4v) is 1.16. The van der Waals surface area contributed by atoms with Crippen LogP contribution in [0.25, 0.3) is 0 Å². The third kappa shape index (κ3) is 7.16. The summed E-state index contributed by atoms with van der Waals surface area (Å²) in [5.41, 5.74) is 0.182.